The first kappa shape index (κ1) is 17.5. The maximum absolute atomic E-state index is 12.3. The van der Waals surface area contributed by atoms with Crippen LogP contribution in [-0.4, -0.2) is 17.7 Å². The number of benzene rings is 2. The van der Waals surface area contributed by atoms with Crippen molar-refractivity contribution >= 4 is 40.7 Å². The van der Waals surface area contributed by atoms with Crippen LogP contribution in [0.2, 0.25) is 5.02 Å². The number of nitrogens with one attached hydrogen (secondary N) is 1. The monoisotopic (exact) mass is 345 g/mol. The molecule has 0 saturated heterocycles. The summed E-state index contributed by atoms with van der Waals surface area (Å²) in [6.07, 6.45) is 0. The summed E-state index contributed by atoms with van der Waals surface area (Å²) in [7, 11) is 0. The van der Waals surface area contributed by atoms with Crippen molar-refractivity contribution in [1.29, 1.82) is 0 Å². The Kier molecular flexibility index (Phi) is 5.55. The average Bonchev–Trinajstić information content (AvgIpc) is 2.55. The number of nitrogens with zero attached hydrogens (tertiary/aromatic N) is 1. The molecule has 0 atom stereocenters. The van der Waals surface area contributed by atoms with Gasteiger partial charge in [-0.05, 0) is 42.0 Å². The number of halogens is 1. The SMILES string of the molecule is CC(=O)N(C(=O)C(=O)NCc1ccc(Cl)cc1)c1ccc(N)cc1. The summed E-state index contributed by atoms with van der Waals surface area (Å²) in [6, 6.07) is 12.9. The largest absolute Gasteiger partial charge is 0.399 e. The van der Waals surface area contributed by atoms with E-state index < -0.39 is 17.7 Å². The summed E-state index contributed by atoms with van der Waals surface area (Å²) < 4.78 is 0. The van der Waals surface area contributed by atoms with E-state index in [0.29, 0.717) is 10.7 Å². The number of imide groups is 1. The van der Waals surface area contributed by atoms with Gasteiger partial charge in [0.1, 0.15) is 0 Å². The molecule has 0 aliphatic carbocycles. The molecule has 0 fully saturated rings. The zero-order chi connectivity index (χ0) is 17.7. The van der Waals surface area contributed by atoms with E-state index in [4.69, 9.17) is 17.3 Å². The van der Waals surface area contributed by atoms with Gasteiger partial charge in [-0.3, -0.25) is 14.4 Å². The van der Waals surface area contributed by atoms with E-state index in [2.05, 4.69) is 5.32 Å². The predicted octanol–water partition coefficient (Wildman–Crippen LogP) is 2.12. The van der Waals surface area contributed by atoms with Gasteiger partial charge in [-0.15, -0.1) is 0 Å². The van der Waals surface area contributed by atoms with Crippen LogP contribution in [0.25, 0.3) is 0 Å². The smallest absolute Gasteiger partial charge is 0.323 e. The Bertz CT molecular complexity index is 758. The van der Waals surface area contributed by atoms with Crippen LogP contribution in [-0.2, 0) is 20.9 Å². The van der Waals surface area contributed by atoms with Gasteiger partial charge in [0.25, 0.3) is 0 Å². The molecule has 2 aromatic rings. The third-order valence-corrected chi connectivity index (χ3v) is 3.48. The van der Waals surface area contributed by atoms with Gasteiger partial charge < -0.3 is 11.1 Å². The van der Waals surface area contributed by atoms with Gasteiger partial charge in [0, 0.05) is 24.2 Å². The van der Waals surface area contributed by atoms with Gasteiger partial charge >= 0.3 is 11.8 Å². The zero-order valence-electron chi connectivity index (χ0n) is 13.0. The lowest BCUT2D eigenvalue weighted by atomic mass is 10.2. The number of carbonyl (C=O) groups excluding carboxylic acids is 3. The van der Waals surface area contributed by atoms with E-state index in [1.54, 1.807) is 36.4 Å². The Hall–Kier alpha value is -2.86. The topological polar surface area (TPSA) is 92.5 Å². The zero-order valence-corrected chi connectivity index (χ0v) is 13.7. The lowest BCUT2D eigenvalue weighted by Crippen LogP contribution is -2.45. The number of anilines is 2. The number of hydrogen-bond acceptors (Lipinski definition) is 4. The first-order valence-electron chi connectivity index (χ1n) is 7.11. The van der Waals surface area contributed by atoms with Gasteiger partial charge in [0.2, 0.25) is 5.91 Å². The predicted molar refractivity (Wildman–Crippen MR) is 92.3 cm³/mol. The van der Waals surface area contributed by atoms with Crippen molar-refractivity contribution < 1.29 is 14.4 Å². The van der Waals surface area contributed by atoms with E-state index >= 15 is 0 Å². The Balaban J connectivity index is 2.08. The maximum Gasteiger partial charge on any atom is 0.323 e. The molecule has 6 nitrogen and oxygen atoms in total. The number of nitrogen functional groups attached to an aromatic ring is 1. The number of rotatable bonds is 3. The standard InChI is InChI=1S/C17H16ClN3O3/c1-11(22)21(15-8-6-14(19)7-9-15)17(24)16(23)20-10-12-2-4-13(18)5-3-12/h2-9H,10,19H2,1H3,(H,20,23). The van der Waals surface area contributed by atoms with Gasteiger partial charge in [-0.1, -0.05) is 23.7 Å². The maximum atomic E-state index is 12.3. The van der Waals surface area contributed by atoms with Crippen LogP contribution in [0.4, 0.5) is 11.4 Å². The minimum atomic E-state index is -0.957. The molecule has 3 N–H and O–H groups in total. The van der Waals surface area contributed by atoms with Crippen LogP contribution in [0.15, 0.2) is 48.5 Å². The lowest BCUT2D eigenvalue weighted by molar-refractivity contribution is -0.139. The Morgan fingerprint density at radius 3 is 2.17 bits per heavy atom. The summed E-state index contributed by atoms with van der Waals surface area (Å²) in [5.41, 5.74) is 7.13. The first-order valence-corrected chi connectivity index (χ1v) is 7.49. The molecular formula is C17H16ClN3O3. The van der Waals surface area contributed by atoms with E-state index in [1.807, 2.05) is 0 Å². The van der Waals surface area contributed by atoms with Crippen molar-refractivity contribution in [2.75, 3.05) is 10.6 Å². The summed E-state index contributed by atoms with van der Waals surface area (Å²) in [6.45, 7) is 1.36. The molecule has 124 valence electrons. The molecule has 3 amide bonds. The summed E-state index contributed by atoms with van der Waals surface area (Å²) >= 11 is 5.79. The van der Waals surface area contributed by atoms with E-state index in [0.717, 1.165) is 10.5 Å². The normalized spacial score (nSPS) is 10.1. The van der Waals surface area contributed by atoms with Gasteiger partial charge in [0.15, 0.2) is 0 Å². The number of amides is 3. The van der Waals surface area contributed by atoms with Crippen molar-refractivity contribution in [3.05, 3.63) is 59.1 Å². The molecule has 2 rings (SSSR count). The third-order valence-electron chi connectivity index (χ3n) is 3.23. The van der Waals surface area contributed by atoms with Crippen molar-refractivity contribution in [2.24, 2.45) is 0 Å². The molecule has 0 radical (unpaired) electrons. The highest BCUT2D eigenvalue weighted by Crippen LogP contribution is 2.17. The lowest BCUT2D eigenvalue weighted by Gasteiger charge is -2.18. The third kappa shape index (κ3) is 4.33. The second kappa shape index (κ2) is 7.61. The molecule has 0 spiro atoms. The van der Waals surface area contributed by atoms with E-state index in [9.17, 15) is 14.4 Å². The Morgan fingerprint density at radius 1 is 1.04 bits per heavy atom. The van der Waals surface area contributed by atoms with Crippen LogP contribution >= 0.6 is 11.6 Å². The van der Waals surface area contributed by atoms with Crippen LogP contribution in [0, 0.1) is 0 Å². The number of hydrogen-bond donors (Lipinski definition) is 2. The molecule has 24 heavy (non-hydrogen) atoms. The van der Waals surface area contributed by atoms with Gasteiger partial charge in [-0.25, -0.2) is 4.90 Å². The molecule has 0 saturated carbocycles. The Morgan fingerprint density at radius 2 is 1.62 bits per heavy atom. The van der Waals surface area contributed by atoms with Crippen molar-refractivity contribution in [1.82, 2.24) is 5.32 Å². The molecule has 0 aliphatic heterocycles. The highest BCUT2D eigenvalue weighted by molar-refractivity contribution is 6.45. The van der Waals surface area contributed by atoms with Crippen LogP contribution in [0.1, 0.15) is 12.5 Å². The first-order chi connectivity index (χ1) is 11.4. The number of nitrogens with two attached hydrogens (primary N) is 1. The molecule has 0 unspecified atom stereocenters. The Labute approximate surface area is 144 Å². The van der Waals surface area contributed by atoms with Crippen LogP contribution in [0.5, 0.6) is 0 Å². The fourth-order valence-electron chi connectivity index (χ4n) is 2.03. The highest BCUT2D eigenvalue weighted by Gasteiger charge is 2.26. The fraction of sp³-hybridized carbons (Fsp3) is 0.118. The molecular weight excluding hydrogens is 330 g/mol. The number of carbonyl (C=O) groups is 3. The molecule has 0 bridgehead atoms. The van der Waals surface area contributed by atoms with Crippen LogP contribution < -0.4 is 16.0 Å². The average molecular weight is 346 g/mol. The molecule has 0 heterocycles. The quantitative estimate of drug-likeness (QED) is 0.658. The summed E-state index contributed by atoms with van der Waals surface area (Å²) in [4.78, 5) is 36.9. The van der Waals surface area contributed by atoms with Crippen LogP contribution in [0.3, 0.4) is 0 Å². The van der Waals surface area contributed by atoms with E-state index in [1.165, 1.54) is 19.1 Å². The molecule has 2 aromatic carbocycles. The summed E-state index contributed by atoms with van der Waals surface area (Å²) in [5.74, 6) is -2.40. The highest BCUT2D eigenvalue weighted by atomic mass is 35.5. The fourth-order valence-corrected chi connectivity index (χ4v) is 2.15. The molecule has 0 aliphatic rings. The molecule has 0 aromatic heterocycles. The minimum absolute atomic E-state index is 0.148. The van der Waals surface area contributed by atoms with E-state index in [-0.39, 0.29) is 12.2 Å². The van der Waals surface area contributed by atoms with Crippen molar-refractivity contribution in [3.8, 4) is 0 Å². The van der Waals surface area contributed by atoms with Crippen molar-refractivity contribution in [2.45, 2.75) is 13.5 Å². The minimum Gasteiger partial charge on any atom is -0.399 e. The van der Waals surface area contributed by atoms with Crippen molar-refractivity contribution in [3.63, 3.8) is 0 Å². The van der Waals surface area contributed by atoms with Gasteiger partial charge in [0.05, 0.1) is 5.69 Å². The second-order valence-corrected chi connectivity index (χ2v) is 5.50. The second-order valence-electron chi connectivity index (χ2n) is 5.06. The van der Waals surface area contributed by atoms with Gasteiger partial charge in [-0.2, -0.15) is 0 Å². The molecule has 7 heteroatoms. The summed E-state index contributed by atoms with van der Waals surface area (Å²) in [5, 5.41) is 3.06.